The highest BCUT2D eigenvalue weighted by Crippen LogP contribution is 2.27. The third-order valence-corrected chi connectivity index (χ3v) is 4.74. The molecule has 19 heavy (non-hydrogen) atoms. The first-order chi connectivity index (χ1) is 9.08. The number of nitrogens with one attached hydrogen (secondary N) is 1. The van der Waals surface area contributed by atoms with Gasteiger partial charge < -0.3 is 11.1 Å². The van der Waals surface area contributed by atoms with Crippen LogP contribution in [0, 0.1) is 17.8 Å². The van der Waals surface area contributed by atoms with Gasteiger partial charge in [0, 0.05) is 18.5 Å². The second kappa shape index (κ2) is 8.57. The lowest BCUT2D eigenvalue weighted by Gasteiger charge is -2.31. The van der Waals surface area contributed by atoms with E-state index in [2.05, 4.69) is 26.1 Å². The van der Waals surface area contributed by atoms with Crippen LogP contribution in [0.4, 0.5) is 0 Å². The number of carbonyl (C=O) groups excluding carboxylic acids is 1. The Kier molecular flexibility index (Phi) is 7.44. The van der Waals surface area contributed by atoms with Crippen molar-refractivity contribution in [1.29, 1.82) is 0 Å². The van der Waals surface area contributed by atoms with Crippen LogP contribution in [0.1, 0.15) is 65.7 Å². The van der Waals surface area contributed by atoms with Gasteiger partial charge >= 0.3 is 0 Å². The Morgan fingerprint density at radius 1 is 1.37 bits per heavy atom. The molecule has 3 nitrogen and oxygen atoms in total. The summed E-state index contributed by atoms with van der Waals surface area (Å²) in [6, 6.07) is 0.201. The van der Waals surface area contributed by atoms with Crippen molar-refractivity contribution in [2.45, 2.75) is 71.8 Å². The third-order valence-electron chi connectivity index (χ3n) is 4.74. The fourth-order valence-electron chi connectivity index (χ4n) is 2.93. The number of hydrogen-bond acceptors (Lipinski definition) is 2. The Morgan fingerprint density at radius 3 is 2.68 bits per heavy atom. The zero-order chi connectivity index (χ0) is 14.3. The van der Waals surface area contributed by atoms with Crippen LogP contribution < -0.4 is 11.1 Å². The fraction of sp³-hybridized carbons (Fsp3) is 0.938. The molecular weight excluding hydrogens is 236 g/mol. The monoisotopic (exact) mass is 268 g/mol. The Labute approximate surface area is 118 Å². The third kappa shape index (κ3) is 5.52. The van der Waals surface area contributed by atoms with Crippen LogP contribution in [-0.2, 0) is 4.79 Å². The van der Waals surface area contributed by atoms with E-state index in [0.717, 1.165) is 32.2 Å². The highest BCUT2D eigenvalue weighted by atomic mass is 16.1. The van der Waals surface area contributed by atoms with E-state index in [1.165, 1.54) is 19.3 Å². The van der Waals surface area contributed by atoms with Gasteiger partial charge in [0.25, 0.3) is 0 Å². The van der Waals surface area contributed by atoms with E-state index >= 15 is 0 Å². The quantitative estimate of drug-likeness (QED) is 0.745. The molecule has 0 saturated heterocycles. The van der Waals surface area contributed by atoms with Gasteiger partial charge in [-0.15, -0.1) is 0 Å². The first kappa shape index (κ1) is 16.5. The molecule has 4 unspecified atom stereocenters. The lowest BCUT2D eigenvalue weighted by molar-refractivity contribution is -0.126. The highest BCUT2D eigenvalue weighted by molar-refractivity contribution is 5.78. The molecule has 0 aliphatic heterocycles. The molecule has 1 aliphatic rings. The topological polar surface area (TPSA) is 55.1 Å². The van der Waals surface area contributed by atoms with Crippen molar-refractivity contribution in [1.82, 2.24) is 5.32 Å². The molecule has 0 radical (unpaired) electrons. The molecule has 112 valence electrons. The van der Waals surface area contributed by atoms with E-state index in [0.29, 0.717) is 11.8 Å². The molecule has 1 fully saturated rings. The van der Waals surface area contributed by atoms with Gasteiger partial charge in [-0.3, -0.25) is 4.79 Å². The average Bonchev–Trinajstić information content (AvgIpc) is 2.41. The van der Waals surface area contributed by atoms with Crippen molar-refractivity contribution in [3.8, 4) is 0 Å². The average molecular weight is 268 g/mol. The van der Waals surface area contributed by atoms with Crippen LogP contribution in [0.2, 0.25) is 0 Å². The predicted octanol–water partition coefficient (Wildman–Crippen LogP) is 3.08. The molecule has 4 atom stereocenters. The van der Waals surface area contributed by atoms with Gasteiger partial charge in [0.05, 0.1) is 0 Å². The molecule has 0 aromatic rings. The van der Waals surface area contributed by atoms with E-state index in [4.69, 9.17) is 5.73 Å². The van der Waals surface area contributed by atoms with Crippen molar-refractivity contribution in [2.24, 2.45) is 23.5 Å². The molecule has 0 aromatic heterocycles. The smallest absolute Gasteiger partial charge is 0.223 e. The maximum atomic E-state index is 12.2. The van der Waals surface area contributed by atoms with E-state index in [1.807, 2.05) is 0 Å². The second-order valence-corrected chi connectivity index (χ2v) is 6.31. The molecule has 1 saturated carbocycles. The van der Waals surface area contributed by atoms with Crippen LogP contribution in [0.5, 0.6) is 0 Å². The SMILES string of the molecule is CCCCC(CC)CNC(=O)C1CCC(C)C(N)C1. The summed E-state index contributed by atoms with van der Waals surface area (Å²) in [5.41, 5.74) is 6.07. The molecule has 0 heterocycles. The maximum absolute atomic E-state index is 12.2. The van der Waals surface area contributed by atoms with Crippen molar-refractivity contribution in [2.75, 3.05) is 6.54 Å². The summed E-state index contributed by atoms with van der Waals surface area (Å²) < 4.78 is 0. The van der Waals surface area contributed by atoms with Crippen molar-refractivity contribution >= 4 is 5.91 Å². The molecule has 0 aromatic carbocycles. The summed E-state index contributed by atoms with van der Waals surface area (Å²) >= 11 is 0. The Balaban J connectivity index is 2.30. The Hall–Kier alpha value is -0.570. The lowest BCUT2D eigenvalue weighted by atomic mass is 9.79. The molecule has 0 bridgehead atoms. The van der Waals surface area contributed by atoms with Crippen molar-refractivity contribution in [3.05, 3.63) is 0 Å². The first-order valence-corrected chi connectivity index (χ1v) is 8.11. The normalized spacial score (nSPS) is 28.9. The van der Waals surface area contributed by atoms with Crippen molar-refractivity contribution < 1.29 is 4.79 Å². The summed E-state index contributed by atoms with van der Waals surface area (Å²) in [6.07, 6.45) is 7.84. The Bertz CT molecular complexity index is 267. The van der Waals surface area contributed by atoms with E-state index < -0.39 is 0 Å². The number of rotatable bonds is 7. The number of hydrogen-bond donors (Lipinski definition) is 2. The van der Waals surface area contributed by atoms with Crippen LogP contribution in [-0.4, -0.2) is 18.5 Å². The maximum Gasteiger partial charge on any atom is 0.223 e. The number of unbranched alkanes of at least 4 members (excludes halogenated alkanes) is 1. The van der Waals surface area contributed by atoms with Crippen LogP contribution >= 0.6 is 0 Å². The zero-order valence-electron chi connectivity index (χ0n) is 13.0. The van der Waals surface area contributed by atoms with Gasteiger partial charge in [-0.2, -0.15) is 0 Å². The summed E-state index contributed by atoms with van der Waals surface area (Å²) in [6.45, 7) is 7.47. The van der Waals surface area contributed by atoms with Gasteiger partial charge in [-0.25, -0.2) is 0 Å². The van der Waals surface area contributed by atoms with Crippen LogP contribution in [0.25, 0.3) is 0 Å². The van der Waals surface area contributed by atoms with Crippen LogP contribution in [0.3, 0.4) is 0 Å². The van der Waals surface area contributed by atoms with Gasteiger partial charge in [0.15, 0.2) is 0 Å². The molecule has 1 rings (SSSR count). The standard InChI is InChI=1S/C16H32N2O/c1-4-6-7-13(5-2)11-18-16(19)14-9-8-12(3)15(17)10-14/h12-15H,4-11,17H2,1-3H3,(H,18,19). The van der Waals surface area contributed by atoms with Gasteiger partial charge in [-0.05, 0) is 37.5 Å². The predicted molar refractivity (Wildman–Crippen MR) is 80.8 cm³/mol. The van der Waals surface area contributed by atoms with E-state index in [-0.39, 0.29) is 17.9 Å². The molecule has 1 aliphatic carbocycles. The second-order valence-electron chi connectivity index (χ2n) is 6.31. The zero-order valence-corrected chi connectivity index (χ0v) is 13.0. The summed E-state index contributed by atoms with van der Waals surface area (Å²) in [7, 11) is 0. The van der Waals surface area contributed by atoms with E-state index in [1.54, 1.807) is 0 Å². The first-order valence-electron chi connectivity index (χ1n) is 8.11. The molecule has 0 spiro atoms. The minimum Gasteiger partial charge on any atom is -0.356 e. The largest absolute Gasteiger partial charge is 0.356 e. The minimum absolute atomic E-state index is 0.148. The summed E-state index contributed by atoms with van der Waals surface area (Å²) in [5, 5.41) is 3.15. The van der Waals surface area contributed by atoms with Crippen LogP contribution in [0.15, 0.2) is 0 Å². The van der Waals surface area contributed by atoms with Gasteiger partial charge in [0.2, 0.25) is 5.91 Å². The van der Waals surface area contributed by atoms with Gasteiger partial charge in [0.1, 0.15) is 0 Å². The number of amides is 1. The fourth-order valence-corrected chi connectivity index (χ4v) is 2.93. The lowest BCUT2D eigenvalue weighted by Crippen LogP contribution is -2.42. The Morgan fingerprint density at radius 2 is 2.11 bits per heavy atom. The number of nitrogens with two attached hydrogens (primary N) is 1. The van der Waals surface area contributed by atoms with Crippen molar-refractivity contribution in [3.63, 3.8) is 0 Å². The molecule has 3 heteroatoms. The molecule has 3 N–H and O–H groups in total. The van der Waals surface area contributed by atoms with E-state index in [9.17, 15) is 4.79 Å². The summed E-state index contributed by atoms with van der Waals surface area (Å²) in [4.78, 5) is 12.2. The highest BCUT2D eigenvalue weighted by Gasteiger charge is 2.29. The molecule has 1 amide bonds. The minimum atomic E-state index is 0.148. The molecular formula is C16H32N2O. The number of carbonyl (C=O) groups is 1. The van der Waals surface area contributed by atoms with Gasteiger partial charge in [-0.1, -0.05) is 40.0 Å². The summed E-state index contributed by atoms with van der Waals surface area (Å²) in [5.74, 6) is 1.59.